The molecule has 0 N–H and O–H groups in total. The van der Waals surface area contributed by atoms with Gasteiger partial charge < -0.3 is 4.74 Å². The van der Waals surface area contributed by atoms with Crippen molar-refractivity contribution in [2.75, 3.05) is 0 Å². The summed E-state index contributed by atoms with van der Waals surface area (Å²) in [5.41, 5.74) is 1.58. The quantitative estimate of drug-likeness (QED) is 0.603. The lowest BCUT2D eigenvalue weighted by atomic mass is 10.1. The first-order chi connectivity index (χ1) is 7.90. The summed E-state index contributed by atoms with van der Waals surface area (Å²) >= 11 is 0. The van der Waals surface area contributed by atoms with Crippen LogP contribution in [0.4, 0.5) is 8.78 Å². The third-order valence-electron chi connectivity index (χ3n) is 2.08. The molecule has 0 saturated carbocycles. The fourth-order valence-corrected chi connectivity index (χ4v) is 1.50. The van der Waals surface area contributed by atoms with Gasteiger partial charge in [-0.3, -0.25) is 10.1 Å². The molecule has 17 heavy (non-hydrogen) atoms. The molecule has 0 amide bonds. The van der Waals surface area contributed by atoms with Crippen molar-refractivity contribution in [2.45, 2.75) is 20.5 Å². The second-order valence-electron chi connectivity index (χ2n) is 3.46. The number of hydrogen-bond acceptors (Lipinski definition) is 3. The second-order valence-corrected chi connectivity index (χ2v) is 3.46. The van der Waals surface area contributed by atoms with Crippen molar-refractivity contribution in [2.24, 2.45) is 0 Å². The van der Waals surface area contributed by atoms with Crippen LogP contribution in [0.3, 0.4) is 0 Å². The summed E-state index contributed by atoms with van der Waals surface area (Å²) in [6.07, 6.45) is 2.09. The van der Waals surface area contributed by atoms with Gasteiger partial charge >= 0.3 is 6.61 Å². The van der Waals surface area contributed by atoms with Crippen molar-refractivity contribution >= 4 is 6.08 Å². The Labute approximate surface area is 96.7 Å². The van der Waals surface area contributed by atoms with Gasteiger partial charge in [0.1, 0.15) is 5.75 Å². The number of aryl methyl sites for hydroxylation is 2. The highest BCUT2D eigenvalue weighted by Crippen LogP contribution is 2.26. The van der Waals surface area contributed by atoms with E-state index in [0.717, 1.165) is 6.20 Å². The molecule has 4 nitrogen and oxygen atoms in total. The van der Waals surface area contributed by atoms with Crippen molar-refractivity contribution < 1.29 is 18.4 Å². The molecule has 0 aromatic heterocycles. The van der Waals surface area contributed by atoms with Crippen molar-refractivity contribution in [1.29, 1.82) is 0 Å². The SMILES string of the molecule is Cc1cc(C=C[N+](=O)[O-])cc(C)c1OC(F)F. The molecule has 0 aliphatic rings. The van der Waals surface area contributed by atoms with E-state index < -0.39 is 11.5 Å². The van der Waals surface area contributed by atoms with Gasteiger partial charge in [-0.05, 0) is 42.7 Å². The normalized spacial score (nSPS) is 11.1. The standard InChI is InChI=1S/C11H11F2NO3/c1-7-5-9(3-4-14(15)16)6-8(2)10(7)17-11(12)13/h3-6,11H,1-2H3. The summed E-state index contributed by atoms with van der Waals surface area (Å²) in [6, 6.07) is 3.09. The Kier molecular flexibility index (Phi) is 4.14. The minimum absolute atomic E-state index is 0.109. The minimum atomic E-state index is -2.88. The van der Waals surface area contributed by atoms with Crippen LogP contribution in [-0.4, -0.2) is 11.5 Å². The molecule has 0 radical (unpaired) electrons. The molecule has 1 rings (SSSR count). The highest BCUT2D eigenvalue weighted by Gasteiger charge is 2.11. The highest BCUT2D eigenvalue weighted by molar-refractivity contribution is 5.55. The average molecular weight is 243 g/mol. The Morgan fingerprint density at radius 1 is 1.35 bits per heavy atom. The Hall–Kier alpha value is -1.98. The van der Waals surface area contributed by atoms with Gasteiger partial charge in [0.25, 0.3) is 0 Å². The van der Waals surface area contributed by atoms with Crippen LogP contribution in [0.2, 0.25) is 0 Å². The molecule has 1 aromatic rings. The Balaban J connectivity index is 3.05. The maximum absolute atomic E-state index is 12.1. The fourth-order valence-electron chi connectivity index (χ4n) is 1.50. The number of nitrogens with zero attached hydrogens (tertiary/aromatic N) is 1. The monoisotopic (exact) mass is 243 g/mol. The molecule has 0 heterocycles. The van der Waals surface area contributed by atoms with Gasteiger partial charge in [-0.25, -0.2) is 0 Å². The number of benzene rings is 1. The van der Waals surface area contributed by atoms with Crippen LogP contribution in [0.1, 0.15) is 16.7 Å². The summed E-state index contributed by atoms with van der Waals surface area (Å²) in [5.74, 6) is 0.109. The van der Waals surface area contributed by atoms with E-state index in [1.807, 2.05) is 0 Å². The predicted molar refractivity (Wildman–Crippen MR) is 58.6 cm³/mol. The van der Waals surface area contributed by atoms with Crippen LogP contribution in [0.5, 0.6) is 5.75 Å². The fraction of sp³-hybridized carbons (Fsp3) is 0.273. The lowest BCUT2D eigenvalue weighted by Gasteiger charge is -2.11. The van der Waals surface area contributed by atoms with Gasteiger partial charge in [0.15, 0.2) is 0 Å². The van der Waals surface area contributed by atoms with E-state index in [2.05, 4.69) is 4.74 Å². The zero-order chi connectivity index (χ0) is 13.0. The molecule has 0 atom stereocenters. The predicted octanol–water partition coefficient (Wildman–Crippen LogP) is 3.15. The number of ether oxygens (including phenoxy) is 1. The maximum atomic E-state index is 12.1. The van der Waals surface area contributed by atoms with Gasteiger partial charge in [-0.1, -0.05) is 0 Å². The summed E-state index contributed by atoms with van der Waals surface area (Å²) in [6.45, 7) is 0.329. The van der Waals surface area contributed by atoms with Crippen LogP contribution >= 0.6 is 0 Å². The molecule has 1 aromatic carbocycles. The molecule has 0 aliphatic carbocycles. The molecule has 0 bridgehead atoms. The smallest absolute Gasteiger partial charge is 0.387 e. The number of rotatable bonds is 4. The number of alkyl halides is 2. The van der Waals surface area contributed by atoms with Gasteiger partial charge in [-0.2, -0.15) is 8.78 Å². The molecule has 6 heteroatoms. The van der Waals surface area contributed by atoms with Crippen LogP contribution in [-0.2, 0) is 0 Å². The number of nitro groups is 1. The van der Waals surface area contributed by atoms with Gasteiger partial charge in [0.05, 0.1) is 4.92 Å². The van der Waals surface area contributed by atoms with Gasteiger partial charge in [0.2, 0.25) is 6.20 Å². The zero-order valence-electron chi connectivity index (χ0n) is 9.31. The first-order valence-electron chi connectivity index (χ1n) is 4.78. The van der Waals surface area contributed by atoms with Crippen LogP contribution < -0.4 is 4.74 Å². The molecular weight excluding hydrogens is 232 g/mol. The van der Waals surface area contributed by atoms with Crippen LogP contribution in [0.25, 0.3) is 6.08 Å². The van der Waals surface area contributed by atoms with E-state index in [4.69, 9.17) is 0 Å². The zero-order valence-corrected chi connectivity index (χ0v) is 9.31. The highest BCUT2D eigenvalue weighted by atomic mass is 19.3. The van der Waals surface area contributed by atoms with E-state index >= 15 is 0 Å². The third kappa shape index (κ3) is 3.82. The van der Waals surface area contributed by atoms with E-state index in [0.29, 0.717) is 16.7 Å². The molecule has 0 saturated heterocycles. The molecule has 92 valence electrons. The Bertz CT molecular complexity index is 435. The van der Waals surface area contributed by atoms with E-state index in [-0.39, 0.29) is 5.75 Å². The average Bonchev–Trinajstić information content (AvgIpc) is 2.20. The third-order valence-corrected chi connectivity index (χ3v) is 2.08. The Morgan fingerprint density at radius 2 is 1.88 bits per heavy atom. The van der Waals surface area contributed by atoms with Gasteiger partial charge in [0, 0.05) is 6.08 Å². The van der Waals surface area contributed by atoms with Gasteiger partial charge in [-0.15, -0.1) is 0 Å². The Morgan fingerprint density at radius 3 is 2.29 bits per heavy atom. The lowest BCUT2D eigenvalue weighted by molar-refractivity contribution is -0.400. The number of halogens is 2. The summed E-state index contributed by atoms with van der Waals surface area (Å²) in [7, 11) is 0. The largest absolute Gasteiger partial charge is 0.434 e. The lowest BCUT2D eigenvalue weighted by Crippen LogP contribution is -2.05. The maximum Gasteiger partial charge on any atom is 0.387 e. The van der Waals surface area contributed by atoms with E-state index in [9.17, 15) is 18.9 Å². The molecule has 0 spiro atoms. The van der Waals surface area contributed by atoms with Crippen molar-refractivity contribution in [3.63, 3.8) is 0 Å². The number of hydrogen-bond donors (Lipinski definition) is 0. The second kappa shape index (κ2) is 5.38. The molecule has 0 aliphatic heterocycles. The van der Waals surface area contributed by atoms with Crippen LogP contribution in [0.15, 0.2) is 18.3 Å². The topological polar surface area (TPSA) is 52.4 Å². The van der Waals surface area contributed by atoms with Crippen LogP contribution in [0, 0.1) is 24.0 Å². The first kappa shape index (κ1) is 13.1. The van der Waals surface area contributed by atoms with Crippen molar-refractivity contribution in [3.8, 4) is 5.75 Å². The molecule has 0 unspecified atom stereocenters. The summed E-state index contributed by atoms with van der Waals surface area (Å²) in [5, 5.41) is 10.1. The molecule has 0 fully saturated rings. The van der Waals surface area contributed by atoms with E-state index in [1.165, 1.54) is 6.08 Å². The molecular formula is C11H11F2NO3. The summed E-state index contributed by atoms with van der Waals surface area (Å²) < 4.78 is 28.6. The van der Waals surface area contributed by atoms with Crippen molar-refractivity contribution in [1.82, 2.24) is 0 Å². The summed E-state index contributed by atoms with van der Waals surface area (Å²) in [4.78, 5) is 9.56. The van der Waals surface area contributed by atoms with Crippen molar-refractivity contribution in [3.05, 3.63) is 45.1 Å². The minimum Gasteiger partial charge on any atom is -0.434 e. The van der Waals surface area contributed by atoms with E-state index in [1.54, 1.807) is 26.0 Å². The first-order valence-corrected chi connectivity index (χ1v) is 4.78.